The van der Waals surface area contributed by atoms with E-state index < -0.39 is 0 Å². The van der Waals surface area contributed by atoms with Crippen LogP contribution in [0.4, 0.5) is 0 Å². The third-order valence-electron chi connectivity index (χ3n) is 7.67. The summed E-state index contributed by atoms with van der Waals surface area (Å²) in [6, 6.07) is 0.503. The molecule has 1 aromatic heterocycles. The van der Waals surface area contributed by atoms with Gasteiger partial charge in [-0.2, -0.15) is 0 Å². The molecule has 0 radical (unpaired) electrons. The van der Waals surface area contributed by atoms with Gasteiger partial charge >= 0.3 is 0 Å². The summed E-state index contributed by atoms with van der Waals surface area (Å²) in [4.78, 5) is 11.5. The number of aryl methyl sites for hydroxylation is 2. The zero-order valence-electron chi connectivity index (χ0n) is 19.6. The number of halogens is 1. The maximum Gasteiger partial charge on any atom is 0.208 e. The molecule has 2 atom stereocenters. The van der Waals surface area contributed by atoms with Crippen LogP contribution < -0.4 is 10.6 Å². The summed E-state index contributed by atoms with van der Waals surface area (Å²) in [6.07, 6.45) is 7.84. The van der Waals surface area contributed by atoms with Gasteiger partial charge in [-0.3, -0.25) is 9.89 Å². The quantitative estimate of drug-likeness (QED) is 0.310. The van der Waals surface area contributed by atoms with Crippen LogP contribution in [0.2, 0.25) is 0 Å². The SMILES string of the molecule is CCOC1CC(NC(=NC)NCC2CCN(Cc3nc(C)c(C)o3)CC2)C12CCC2.I. The molecule has 7 nitrogen and oxygen atoms in total. The number of nitrogens with zero attached hydrogens (tertiary/aromatic N) is 3. The summed E-state index contributed by atoms with van der Waals surface area (Å²) >= 11 is 0. The number of likely N-dealkylation sites (tertiary alicyclic amines) is 1. The molecule has 3 aliphatic rings. The number of ether oxygens (including phenoxy) is 1. The molecule has 0 bridgehead atoms. The molecule has 0 amide bonds. The first-order valence-electron chi connectivity index (χ1n) is 11.8. The van der Waals surface area contributed by atoms with Crippen molar-refractivity contribution in [2.75, 3.05) is 33.3 Å². The lowest BCUT2D eigenvalue weighted by atomic mass is 9.51. The summed E-state index contributed by atoms with van der Waals surface area (Å²) in [5.41, 5.74) is 1.36. The van der Waals surface area contributed by atoms with Crippen LogP contribution in [-0.4, -0.2) is 61.3 Å². The highest BCUT2D eigenvalue weighted by atomic mass is 127. The van der Waals surface area contributed by atoms with Gasteiger partial charge in [0.2, 0.25) is 5.89 Å². The predicted molar refractivity (Wildman–Crippen MR) is 134 cm³/mol. The average molecular weight is 546 g/mol. The molecule has 4 rings (SSSR count). The van der Waals surface area contributed by atoms with Crippen molar-refractivity contribution in [2.45, 2.75) is 78.0 Å². The Morgan fingerprint density at radius 3 is 2.58 bits per heavy atom. The molecule has 1 spiro atoms. The first kappa shape index (κ1) is 24.8. The monoisotopic (exact) mass is 545 g/mol. The van der Waals surface area contributed by atoms with Gasteiger partial charge in [-0.05, 0) is 71.9 Å². The van der Waals surface area contributed by atoms with Crippen LogP contribution >= 0.6 is 24.0 Å². The Labute approximate surface area is 204 Å². The molecule has 1 saturated heterocycles. The Morgan fingerprint density at radius 2 is 2.03 bits per heavy atom. The van der Waals surface area contributed by atoms with Gasteiger partial charge < -0.3 is 19.8 Å². The molecule has 2 saturated carbocycles. The maximum absolute atomic E-state index is 5.98. The minimum absolute atomic E-state index is 0. The topological polar surface area (TPSA) is 74.9 Å². The molecule has 31 heavy (non-hydrogen) atoms. The fraction of sp³-hybridized carbons (Fsp3) is 0.826. The second-order valence-electron chi connectivity index (χ2n) is 9.39. The third kappa shape index (κ3) is 5.38. The van der Waals surface area contributed by atoms with Crippen LogP contribution in [0.15, 0.2) is 9.41 Å². The van der Waals surface area contributed by atoms with E-state index in [1.807, 2.05) is 20.9 Å². The Hall–Kier alpha value is -0.870. The number of oxazole rings is 1. The molecule has 2 N–H and O–H groups in total. The zero-order chi connectivity index (χ0) is 21.1. The second-order valence-corrected chi connectivity index (χ2v) is 9.39. The Bertz CT molecular complexity index is 721. The smallest absolute Gasteiger partial charge is 0.208 e. The molecule has 2 heterocycles. The summed E-state index contributed by atoms with van der Waals surface area (Å²) in [5.74, 6) is 3.42. The number of piperidine rings is 1. The van der Waals surface area contributed by atoms with Gasteiger partial charge in [-0.25, -0.2) is 4.98 Å². The van der Waals surface area contributed by atoms with E-state index in [0.717, 1.165) is 62.5 Å². The third-order valence-corrected chi connectivity index (χ3v) is 7.67. The summed E-state index contributed by atoms with van der Waals surface area (Å²) in [5, 5.41) is 7.30. The molecule has 1 aliphatic heterocycles. The van der Waals surface area contributed by atoms with Crippen molar-refractivity contribution in [1.29, 1.82) is 0 Å². The van der Waals surface area contributed by atoms with Crippen molar-refractivity contribution in [3.63, 3.8) is 0 Å². The molecule has 176 valence electrons. The van der Waals surface area contributed by atoms with Crippen LogP contribution in [0, 0.1) is 25.2 Å². The van der Waals surface area contributed by atoms with Crippen molar-refractivity contribution in [1.82, 2.24) is 20.5 Å². The molecule has 3 fully saturated rings. The van der Waals surface area contributed by atoms with Gasteiger partial charge in [0.15, 0.2) is 5.96 Å². The number of hydrogen-bond acceptors (Lipinski definition) is 5. The highest BCUT2D eigenvalue weighted by Gasteiger charge is 2.59. The molecular weight excluding hydrogens is 505 g/mol. The van der Waals surface area contributed by atoms with E-state index in [1.165, 1.54) is 32.1 Å². The van der Waals surface area contributed by atoms with Gasteiger partial charge in [-0.1, -0.05) is 6.42 Å². The first-order valence-corrected chi connectivity index (χ1v) is 11.8. The minimum atomic E-state index is 0. The number of hydrogen-bond donors (Lipinski definition) is 2. The number of rotatable bonds is 7. The van der Waals surface area contributed by atoms with Gasteiger partial charge in [0.1, 0.15) is 5.76 Å². The highest BCUT2D eigenvalue weighted by Crippen LogP contribution is 2.57. The number of aromatic nitrogens is 1. The minimum Gasteiger partial charge on any atom is -0.444 e. The van der Waals surface area contributed by atoms with Crippen LogP contribution in [0.5, 0.6) is 0 Å². The first-order chi connectivity index (χ1) is 14.5. The molecule has 2 unspecified atom stereocenters. The predicted octanol–water partition coefficient (Wildman–Crippen LogP) is 3.63. The van der Waals surface area contributed by atoms with E-state index in [-0.39, 0.29) is 24.0 Å². The Morgan fingerprint density at radius 1 is 1.29 bits per heavy atom. The lowest BCUT2D eigenvalue weighted by Gasteiger charge is -2.61. The van der Waals surface area contributed by atoms with Crippen molar-refractivity contribution < 1.29 is 9.15 Å². The Kier molecular flexibility index (Phi) is 8.65. The van der Waals surface area contributed by atoms with E-state index >= 15 is 0 Å². The fourth-order valence-electron chi connectivity index (χ4n) is 5.39. The molecule has 0 aromatic carbocycles. The van der Waals surface area contributed by atoms with Crippen molar-refractivity contribution in [3.05, 3.63) is 17.3 Å². The zero-order valence-corrected chi connectivity index (χ0v) is 21.9. The highest BCUT2D eigenvalue weighted by molar-refractivity contribution is 14.0. The second kappa shape index (κ2) is 10.8. The summed E-state index contributed by atoms with van der Waals surface area (Å²) in [6.45, 7) is 10.9. The van der Waals surface area contributed by atoms with E-state index in [2.05, 4.69) is 32.4 Å². The number of nitrogens with one attached hydrogen (secondary N) is 2. The van der Waals surface area contributed by atoms with Gasteiger partial charge in [0, 0.05) is 31.7 Å². The normalized spacial score (nSPS) is 26.1. The van der Waals surface area contributed by atoms with Gasteiger partial charge in [0.05, 0.1) is 18.3 Å². The lowest BCUT2D eigenvalue weighted by Crippen LogP contribution is -2.68. The maximum atomic E-state index is 5.98. The van der Waals surface area contributed by atoms with E-state index in [1.54, 1.807) is 0 Å². The molecule has 1 aromatic rings. The van der Waals surface area contributed by atoms with Crippen LogP contribution in [0.25, 0.3) is 0 Å². The molecule has 2 aliphatic carbocycles. The average Bonchev–Trinajstić information content (AvgIpc) is 3.00. The molecule has 8 heteroatoms. The van der Waals surface area contributed by atoms with E-state index in [4.69, 9.17) is 9.15 Å². The molecular formula is C23H40IN5O2. The van der Waals surface area contributed by atoms with Gasteiger partial charge in [-0.15, -0.1) is 24.0 Å². The van der Waals surface area contributed by atoms with E-state index in [9.17, 15) is 0 Å². The number of guanidine groups is 1. The van der Waals surface area contributed by atoms with Crippen LogP contribution in [-0.2, 0) is 11.3 Å². The summed E-state index contributed by atoms with van der Waals surface area (Å²) in [7, 11) is 1.88. The number of aliphatic imine (C=N–C) groups is 1. The largest absolute Gasteiger partial charge is 0.444 e. The van der Waals surface area contributed by atoms with Crippen molar-refractivity contribution in [2.24, 2.45) is 16.3 Å². The van der Waals surface area contributed by atoms with Gasteiger partial charge in [0.25, 0.3) is 0 Å². The standard InChI is InChI=1S/C23H39N5O2.HI/c1-5-29-20-13-19(23(20)9-6-10-23)27-22(24-4)25-14-18-7-11-28(12-8-18)15-21-26-16(2)17(3)30-21;/h18-20H,5-15H2,1-4H3,(H2,24,25,27);1H. The summed E-state index contributed by atoms with van der Waals surface area (Å²) < 4.78 is 11.7. The van der Waals surface area contributed by atoms with Crippen LogP contribution in [0.1, 0.15) is 62.8 Å². The Balaban J connectivity index is 0.00000272. The van der Waals surface area contributed by atoms with Crippen molar-refractivity contribution in [3.8, 4) is 0 Å². The van der Waals surface area contributed by atoms with Crippen molar-refractivity contribution >= 4 is 29.9 Å². The lowest BCUT2D eigenvalue weighted by molar-refractivity contribution is -0.168. The fourth-order valence-corrected chi connectivity index (χ4v) is 5.39. The van der Waals surface area contributed by atoms with E-state index in [0.29, 0.717) is 23.5 Å². The van der Waals surface area contributed by atoms with Crippen LogP contribution in [0.3, 0.4) is 0 Å².